The largest absolute Gasteiger partial charge is 0.205 e. The average molecular weight is 637 g/mol. The Balaban J connectivity index is 0.000000246. The van der Waals surface area contributed by atoms with Crippen molar-refractivity contribution in [2.24, 2.45) is 11.8 Å². The number of hydrogen-bond acceptors (Lipinski definition) is 2. The van der Waals surface area contributed by atoms with Gasteiger partial charge in [0.1, 0.15) is 29.1 Å². The lowest BCUT2D eigenvalue weighted by atomic mass is 9.76. The van der Waals surface area contributed by atoms with E-state index in [9.17, 15) is 30.7 Å². The molecule has 0 amide bonds. The first kappa shape index (κ1) is 36.4. The summed E-state index contributed by atoms with van der Waals surface area (Å²) in [6.07, 6.45) is 15.6. The molecule has 2 nitrogen and oxygen atoms in total. The second-order valence-corrected chi connectivity index (χ2v) is 12.6. The third-order valence-electron chi connectivity index (χ3n) is 9.68. The zero-order chi connectivity index (χ0) is 33.1. The van der Waals surface area contributed by atoms with Crippen molar-refractivity contribution in [3.63, 3.8) is 0 Å². The highest BCUT2D eigenvalue weighted by Crippen LogP contribution is 2.42. The molecule has 2 aliphatic rings. The molecule has 0 unspecified atom stereocenters. The van der Waals surface area contributed by atoms with Crippen LogP contribution in [0.3, 0.4) is 0 Å². The zero-order valence-corrected chi connectivity index (χ0v) is 26.2. The SMILES string of the molecule is CCCCCC1CCC(c2c(F)c(F)c(C#N)c(F)c2F)CC1.CCCCCC1CCC(c2cc(F)c(C#N)c(F)c2F)CC1. The van der Waals surface area contributed by atoms with Gasteiger partial charge in [0.15, 0.2) is 34.9 Å². The van der Waals surface area contributed by atoms with Crippen LogP contribution in [0.5, 0.6) is 0 Å². The average Bonchev–Trinajstić information content (AvgIpc) is 3.04. The molecular formula is C36H43F7N2. The van der Waals surface area contributed by atoms with E-state index in [0.29, 0.717) is 24.7 Å². The molecule has 0 atom stereocenters. The first-order valence-electron chi connectivity index (χ1n) is 16.4. The molecule has 2 aromatic carbocycles. The molecule has 0 aromatic heterocycles. The standard InChI is InChI=1S/C18H21F4N.C18H22F3N/c1-2-3-4-5-11-6-8-12(9-7-11)14-17(21)15(19)13(10-23)16(20)18(14)22;1-2-3-4-5-12-6-8-13(9-7-12)14-10-16(19)15(11-22)18(21)17(14)20/h11-12H,2-9H2,1H3;10,12-13H,2-9H2,1H3. The lowest BCUT2D eigenvalue weighted by Crippen LogP contribution is -2.18. The maximum atomic E-state index is 14.1. The molecule has 2 saturated carbocycles. The van der Waals surface area contributed by atoms with Crippen molar-refractivity contribution in [2.75, 3.05) is 0 Å². The molecule has 9 heteroatoms. The Morgan fingerprint density at radius 1 is 0.556 bits per heavy atom. The van der Waals surface area contributed by atoms with Crippen molar-refractivity contribution < 1.29 is 30.7 Å². The number of halogens is 7. The minimum Gasteiger partial charge on any atom is -0.205 e. The Bertz CT molecular complexity index is 1330. The van der Waals surface area contributed by atoms with Crippen LogP contribution < -0.4 is 0 Å². The monoisotopic (exact) mass is 636 g/mol. The van der Waals surface area contributed by atoms with Crippen LogP contribution in [0.25, 0.3) is 0 Å². The van der Waals surface area contributed by atoms with Crippen LogP contribution in [-0.2, 0) is 0 Å². The van der Waals surface area contributed by atoms with Gasteiger partial charge in [-0.3, -0.25) is 0 Å². The fourth-order valence-electron chi connectivity index (χ4n) is 6.99. The van der Waals surface area contributed by atoms with Gasteiger partial charge in [-0.2, -0.15) is 10.5 Å². The topological polar surface area (TPSA) is 47.6 Å². The Morgan fingerprint density at radius 2 is 0.978 bits per heavy atom. The summed E-state index contributed by atoms with van der Waals surface area (Å²) in [6, 6.07) is 3.57. The lowest BCUT2D eigenvalue weighted by Gasteiger charge is -2.29. The molecule has 4 rings (SSSR count). The Labute approximate surface area is 262 Å². The van der Waals surface area contributed by atoms with Crippen LogP contribution in [0.15, 0.2) is 6.07 Å². The van der Waals surface area contributed by atoms with Crippen LogP contribution in [0, 0.1) is 75.2 Å². The van der Waals surface area contributed by atoms with Gasteiger partial charge in [0.2, 0.25) is 0 Å². The number of nitrogens with zero attached hydrogens (tertiary/aromatic N) is 2. The van der Waals surface area contributed by atoms with Gasteiger partial charge < -0.3 is 0 Å². The van der Waals surface area contributed by atoms with Crippen molar-refractivity contribution in [1.82, 2.24) is 0 Å². The quantitative estimate of drug-likeness (QED) is 0.148. The van der Waals surface area contributed by atoms with E-state index in [0.717, 1.165) is 63.9 Å². The van der Waals surface area contributed by atoms with Crippen LogP contribution in [0.2, 0.25) is 0 Å². The van der Waals surface area contributed by atoms with Crippen molar-refractivity contribution in [2.45, 2.75) is 128 Å². The number of benzene rings is 2. The zero-order valence-electron chi connectivity index (χ0n) is 26.2. The Morgan fingerprint density at radius 3 is 1.40 bits per heavy atom. The van der Waals surface area contributed by atoms with Crippen molar-refractivity contribution in [3.8, 4) is 12.1 Å². The lowest BCUT2D eigenvalue weighted by molar-refractivity contribution is 0.290. The minimum atomic E-state index is -1.58. The van der Waals surface area contributed by atoms with Gasteiger partial charge in [0, 0.05) is 5.56 Å². The number of unbranched alkanes of at least 4 members (excludes halogenated alkanes) is 4. The van der Waals surface area contributed by atoms with E-state index < -0.39 is 63.3 Å². The third-order valence-corrected chi connectivity index (χ3v) is 9.68. The molecule has 0 saturated heterocycles. The van der Waals surface area contributed by atoms with E-state index in [2.05, 4.69) is 13.8 Å². The van der Waals surface area contributed by atoms with Crippen LogP contribution in [0.1, 0.15) is 151 Å². The Kier molecular flexibility index (Phi) is 14.2. The Hall–Kier alpha value is -3.07. The van der Waals surface area contributed by atoms with E-state index >= 15 is 0 Å². The molecule has 2 aromatic rings. The van der Waals surface area contributed by atoms with Crippen molar-refractivity contribution in [1.29, 1.82) is 10.5 Å². The minimum absolute atomic E-state index is 0.0982. The summed E-state index contributed by atoms with van der Waals surface area (Å²) in [5, 5.41) is 17.3. The summed E-state index contributed by atoms with van der Waals surface area (Å²) in [7, 11) is 0. The predicted molar refractivity (Wildman–Crippen MR) is 160 cm³/mol. The van der Waals surface area contributed by atoms with Gasteiger partial charge in [-0.05, 0) is 86.7 Å². The number of rotatable bonds is 10. The smallest absolute Gasteiger partial charge is 0.180 e. The normalized spacial score (nSPS) is 21.4. The number of nitriles is 2. The molecule has 0 bridgehead atoms. The van der Waals surface area contributed by atoms with E-state index in [4.69, 9.17) is 10.5 Å². The molecule has 0 heterocycles. The second kappa shape index (κ2) is 17.6. The van der Waals surface area contributed by atoms with Gasteiger partial charge in [0.05, 0.1) is 0 Å². The molecule has 2 aliphatic carbocycles. The maximum absolute atomic E-state index is 14.1. The highest BCUT2D eigenvalue weighted by atomic mass is 19.2. The fraction of sp³-hybridized carbons (Fsp3) is 0.611. The van der Waals surface area contributed by atoms with E-state index in [-0.39, 0.29) is 11.5 Å². The van der Waals surface area contributed by atoms with Gasteiger partial charge in [0.25, 0.3) is 0 Å². The fourth-order valence-corrected chi connectivity index (χ4v) is 6.99. The summed E-state index contributed by atoms with van der Waals surface area (Å²) in [6.45, 7) is 4.31. The van der Waals surface area contributed by atoms with E-state index in [1.165, 1.54) is 44.2 Å². The van der Waals surface area contributed by atoms with Crippen LogP contribution >= 0.6 is 0 Å². The second-order valence-electron chi connectivity index (χ2n) is 12.6. The van der Waals surface area contributed by atoms with Crippen LogP contribution in [0.4, 0.5) is 30.7 Å². The van der Waals surface area contributed by atoms with Gasteiger partial charge in [-0.15, -0.1) is 0 Å². The van der Waals surface area contributed by atoms with E-state index in [1.54, 1.807) is 0 Å². The van der Waals surface area contributed by atoms with Gasteiger partial charge in [-0.1, -0.05) is 65.2 Å². The summed E-state index contributed by atoms with van der Waals surface area (Å²) >= 11 is 0. The van der Waals surface area contributed by atoms with Gasteiger partial charge in [-0.25, -0.2) is 30.7 Å². The summed E-state index contributed by atoms with van der Waals surface area (Å²) in [5.41, 5.74) is -2.43. The van der Waals surface area contributed by atoms with Crippen molar-refractivity contribution >= 4 is 0 Å². The molecule has 0 spiro atoms. The summed E-state index contributed by atoms with van der Waals surface area (Å²) in [5.74, 6) is -8.80. The molecule has 246 valence electrons. The summed E-state index contributed by atoms with van der Waals surface area (Å²) in [4.78, 5) is 0. The highest BCUT2D eigenvalue weighted by molar-refractivity contribution is 5.39. The van der Waals surface area contributed by atoms with Crippen molar-refractivity contribution in [3.05, 3.63) is 69.0 Å². The maximum Gasteiger partial charge on any atom is 0.180 e. The highest BCUT2D eigenvalue weighted by Gasteiger charge is 2.32. The predicted octanol–water partition coefficient (Wildman–Crippen LogP) is 11.8. The molecule has 2 fully saturated rings. The molecular weight excluding hydrogens is 593 g/mol. The molecule has 45 heavy (non-hydrogen) atoms. The molecule has 0 N–H and O–H groups in total. The summed E-state index contributed by atoms with van der Waals surface area (Å²) < 4.78 is 97.1. The third kappa shape index (κ3) is 9.02. The van der Waals surface area contributed by atoms with Crippen LogP contribution in [-0.4, -0.2) is 0 Å². The van der Waals surface area contributed by atoms with Gasteiger partial charge >= 0.3 is 0 Å². The molecule has 0 radical (unpaired) electrons. The number of hydrogen-bond donors (Lipinski definition) is 0. The molecule has 0 aliphatic heterocycles. The first-order valence-corrected chi connectivity index (χ1v) is 16.4. The van der Waals surface area contributed by atoms with E-state index in [1.807, 2.05) is 0 Å². The first-order chi connectivity index (χ1) is 21.6.